The van der Waals surface area contributed by atoms with Crippen LogP contribution in [0, 0.1) is 6.92 Å². The number of amides is 1. The van der Waals surface area contributed by atoms with E-state index in [-0.39, 0.29) is 11.9 Å². The number of hydrogen-bond acceptors (Lipinski definition) is 4. The van der Waals surface area contributed by atoms with Gasteiger partial charge in [-0.1, -0.05) is 54.6 Å². The van der Waals surface area contributed by atoms with Gasteiger partial charge in [0.25, 0.3) is 5.91 Å². The smallest absolute Gasteiger partial charge is 0.475 e. The van der Waals surface area contributed by atoms with E-state index in [0.29, 0.717) is 12.1 Å². The van der Waals surface area contributed by atoms with E-state index in [1.54, 1.807) is 6.20 Å². The Hall–Kier alpha value is -4.40. The first kappa shape index (κ1) is 27.2. The standard InChI is InChI=1S/C26H25N3O.C2HF3O2/c1-18-12-13-22(28-17-20-7-6-14-27-16-20)15-25(18)26(30)29-19(2)23-11-5-9-21-8-3-4-10-24(21)23;3-2(4,5)1(6)7/h3-16,19,28H,17H2,1-2H3,(H,29,30);(H,6,7)/t19-;/m1./s1. The second-order valence-corrected chi connectivity index (χ2v) is 8.31. The topological polar surface area (TPSA) is 91.3 Å². The van der Waals surface area contributed by atoms with Crippen LogP contribution in [0.1, 0.15) is 40.0 Å². The van der Waals surface area contributed by atoms with Gasteiger partial charge in [0.15, 0.2) is 0 Å². The largest absolute Gasteiger partial charge is 0.490 e. The number of aliphatic carboxylic acids is 1. The van der Waals surface area contributed by atoms with Crippen LogP contribution in [0.4, 0.5) is 18.9 Å². The predicted octanol–water partition coefficient (Wildman–Crippen LogP) is 6.28. The molecule has 0 unspecified atom stereocenters. The lowest BCUT2D eigenvalue weighted by Crippen LogP contribution is -2.27. The molecule has 0 radical (unpaired) electrons. The molecule has 1 amide bonds. The van der Waals surface area contributed by atoms with E-state index in [2.05, 4.69) is 39.9 Å². The van der Waals surface area contributed by atoms with E-state index in [0.717, 1.165) is 27.8 Å². The van der Waals surface area contributed by atoms with E-state index in [1.165, 1.54) is 5.39 Å². The van der Waals surface area contributed by atoms with Crippen LogP contribution in [-0.2, 0) is 11.3 Å². The van der Waals surface area contributed by atoms with Gasteiger partial charge in [0.05, 0.1) is 6.04 Å². The second kappa shape index (κ2) is 12.0. The third-order valence-corrected chi connectivity index (χ3v) is 5.58. The summed E-state index contributed by atoms with van der Waals surface area (Å²) < 4.78 is 31.7. The molecule has 37 heavy (non-hydrogen) atoms. The zero-order valence-corrected chi connectivity index (χ0v) is 20.2. The summed E-state index contributed by atoms with van der Waals surface area (Å²) in [6.07, 6.45) is -1.49. The number of aryl methyl sites for hydroxylation is 1. The number of carboxylic acid groups (broad SMARTS) is 1. The number of benzene rings is 3. The molecule has 6 nitrogen and oxygen atoms in total. The minimum absolute atomic E-state index is 0.0713. The van der Waals surface area contributed by atoms with Gasteiger partial charge in [0.1, 0.15) is 0 Å². The predicted molar refractivity (Wildman–Crippen MR) is 136 cm³/mol. The van der Waals surface area contributed by atoms with Crippen molar-refractivity contribution in [3.8, 4) is 0 Å². The molecule has 4 rings (SSSR count). The van der Waals surface area contributed by atoms with Gasteiger partial charge in [-0.2, -0.15) is 13.2 Å². The van der Waals surface area contributed by atoms with Crippen molar-refractivity contribution in [1.29, 1.82) is 0 Å². The average Bonchev–Trinajstić information content (AvgIpc) is 2.88. The summed E-state index contributed by atoms with van der Waals surface area (Å²) in [5.41, 5.74) is 4.74. The summed E-state index contributed by atoms with van der Waals surface area (Å²) in [5.74, 6) is -2.83. The molecule has 0 aliphatic rings. The number of rotatable bonds is 6. The lowest BCUT2D eigenvalue weighted by molar-refractivity contribution is -0.192. The number of nitrogens with one attached hydrogen (secondary N) is 2. The maximum absolute atomic E-state index is 13.1. The van der Waals surface area contributed by atoms with Crippen LogP contribution < -0.4 is 10.6 Å². The molecule has 1 aromatic heterocycles. The monoisotopic (exact) mass is 509 g/mol. The minimum Gasteiger partial charge on any atom is -0.475 e. The fraction of sp³-hybridized carbons (Fsp3) is 0.179. The molecular formula is C28H26F3N3O3. The first-order valence-electron chi connectivity index (χ1n) is 11.4. The number of halogens is 3. The first-order valence-corrected chi connectivity index (χ1v) is 11.4. The molecule has 4 aromatic rings. The maximum Gasteiger partial charge on any atom is 0.490 e. The second-order valence-electron chi connectivity index (χ2n) is 8.31. The van der Waals surface area contributed by atoms with E-state index in [9.17, 15) is 18.0 Å². The highest BCUT2D eigenvalue weighted by Gasteiger charge is 2.38. The number of hydrogen-bond donors (Lipinski definition) is 3. The number of carboxylic acids is 1. The van der Waals surface area contributed by atoms with Crippen LogP contribution in [0.25, 0.3) is 10.8 Å². The molecule has 0 fully saturated rings. The van der Waals surface area contributed by atoms with E-state index >= 15 is 0 Å². The highest BCUT2D eigenvalue weighted by atomic mass is 19.4. The van der Waals surface area contributed by atoms with Crippen molar-refractivity contribution in [3.63, 3.8) is 0 Å². The quantitative estimate of drug-likeness (QED) is 0.285. The Balaban J connectivity index is 0.000000479. The van der Waals surface area contributed by atoms with Crippen LogP contribution in [0.3, 0.4) is 0 Å². The zero-order valence-electron chi connectivity index (χ0n) is 20.2. The Bertz CT molecular complexity index is 1370. The fourth-order valence-electron chi connectivity index (χ4n) is 3.66. The summed E-state index contributed by atoms with van der Waals surface area (Å²) in [6.45, 7) is 4.65. The molecular weight excluding hydrogens is 483 g/mol. The van der Waals surface area contributed by atoms with Crippen LogP contribution in [0.2, 0.25) is 0 Å². The molecule has 3 aromatic carbocycles. The van der Waals surface area contributed by atoms with Gasteiger partial charge in [-0.15, -0.1) is 0 Å². The van der Waals surface area contributed by atoms with Gasteiger partial charge in [-0.3, -0.25) is 9.78 Å². The van der Waals surface area contributed by atoms with Crippen LogP contribution in [0.15, 0.2) is 85.2 Å². The van der Waals surface area contributed by atoms with Gasteiger partial charge in [-0.05, 0) is 59.5 Å². The Morgan fingerprint density at radius 2 is 1.70 bits per heavy atom. The van der Waals surface area contributed by atoms with Crippen molar-refractivity contribution in [2.24, 2.45) is 0 Å². The normalized spacial score (nSPS) is 11.7. The van der Waals surface area contributed by atoms with Gasteiger partial charge < -0.3 is 15.7 Å². The molecule has 0 saturated carbocycles. The summed E-state index contributed by atoms with van der Waals surface area (Å²) in [7, 11) is 0. The third-order valence-electron chi connectivity index (χ3n) is 5.58. The molecule has 192 valence electrons. The Labute approximate surface area is 212 Å². The lowest BCUT2D eigenvalue weighted by atomic mass is 9.99. The first-order chi connectivity index (χ1) is 17.6. The number of fused-ring (bicyclic) bond motifs is 1. The Morgan fingerprint density at radius 3 is 2.38 bits per heavy atom. The van der Waals surface area contributed by atoms with Crippen LogP contribution >= 0.6 is 0 Å². The van der Waals surface area contributed by atoms with Crippen LogP contribution in [-0.4, -0.2) is 28.1 Å². The van der Waals surface area contributed by atoms with Crippen molar-refractivity contribution in [1.82, 2.24) is 10.3 Å². The van der Waals surface area contributed by atoms with Gasteiger partial charge in [-0.25, -0.2) is 4.79 Å². The molecule has 9 heteroatoms. The molecule has 0 saturated heterocycles. The van der Waals surface area contributed by atoms with E-state index < -0.39 is 12.1 Å². The summed E-state index contributed by atoms with van der Waals surface area (Å²) in [4.78, 5) is 26.1. The van der Waals surface area contributed by atoms with Crippen molar-refractivity contribution < 1.29 is 27.9 Å². The number of carbonyl (C=O) groups is 2. The number of carbonyl (C=O) groups excluding carboxylic acids is 1. The van der Waals surface area contributed by atoms with Gasteiger partial charge in [0, 0.05) is 30.2 Å². The maximum atomic E-state index is 13.1. The number of nitrogens with zero attached hydrogens (tertiary/aromatic N) is 1. The number of anilines is 1. The highest BCUT2D eigenvalue weighted by Crippen LogP contribution is 2.25. The van der Waals surface area contributed by atoms with Gasteiger partial charge >= 0.3 is 12.1 Å². The molecule has 0 aliphatic heterocycles. The zero-order chi connectivity index (χ0) is 27.0. The van der Waals surface area contributed by atoms with Crippen molar-refractivity contribution in [3.05, 3.63) is 107 Å². The number of alkyl halides is 3. The summed E-state index contributed by atoms with van der Waals surface area (Å²) in [6, 6.07) is 24.2. The van der Waals surface area contributed by atoms with Gasteiger partial charge in [0.2, 0.25) is 0 Å². The Morgan fingerprint density at radius 1 is 1.00 bits per heavy atom. The number of aromatic nitrogens is 1. The molecule has 0 bridgehead atoms. The van der Waals surface area contributed by atoms with Crippen molar-refractivity contribution in [2.45, 2.75) is 32.6 Å². The lowest BCUT2D eigenvalue weighted by Gasteiger charge is -2.18. The molecule has 3 N–H and O–H groups in total. The Kier molecular flexibility index (Phi) is 8.84. The minimum atomic E-state index is -5.08. The van der Waals surface area contributed by atoms with E-state index in [4.69, 9.17) is 9.90 Å². The summed E-state index contributed by atoms with van der Waals surface area (Å²) in [5, 5.41) is 16.0. The molecule has 1 atom stereocenters. The highest BCUT2D eigenvalue weighted by molar-refractivity contribution is 5.97. The molecule has 0 spiro atoms. The fourth-order valence-corrected chi connectivity index (χ4v) is 3.66. The SMILES string of the molecule is Cc1ccc(NCc2cccnc2)cc1C(=O)N[C@H](C)c1cccc2ccccc12.O=C(O)C(F)(F)F. The number of pyridine rings is 1. The van der Waals surface area contributed by atoms with Crippen molar-refractivity contribution in [2.75, 3.05) is 5.32 Å². The van der Waals surface area contributed by atoms with Crippen LogP contribution in [0.5, 0.6) is 0 Å². The van der Waals surface area contributed by atoms with E-state index in [1.807, 2.05) is 68.6 Å². The molecule has 0 aliphatic carbocycles. The molecule has 1 heterocycles. The summed E-state index contributed by atoms with van der Waals surface area (Å²) >= 11 is 0. The third kappa shape index (κ3) is 7.54. The van der Waals surface area contributed by atoms with Crippen molar-refractivity contribution >= 4 is 28.3 Å². The average molecular weight is 510 g/mol.